The van der Waals surface area contributed by atoms with Crippen LogP contribution in [0.15, 0.2) is 23.1 Å². The maximum Gasteiger partial charge on any atom is 0.119 e. The summed E-state index contributed by atoms with van der Waals surface area (Å²) >= 11 is 0. The second kappa shape index (κ2) is 5.10. The predicted octanol–water partition coefficient (Wildman–Crippen LogP) is 2.29. The van der Waals surface area contributed by atoms with Gasteiger partial charge in [0.1, 0.15) is 12.4 Å². The quantitative estimate of drug-likeness (QED) is 0.725. The molecule has 78 valence electrons. The third kappa shape index (κ3) is 2.32. The van der Waals surface area contributed by atoms with E-state index in [4.69, 9.17) is 7.48 Å². The summed E-state index contributed by atoms with van der Waals surface area (Å²) in [6, 6.07) is 4.41. The third-order valence-electron chi connectivity index (χ3n) is 1.80. The van der Waals surface area contributed by atoms with E-state index in [9.17, 15) is 8.60 Å². The number of hydrogen-bond donors (Lipinski definition) is 0. The number of hydrogen-bond acceptors (Lipinski definition) is 2. The van der Waals surface area contributed by atoms with E-state index in [0.29, 0.717) is 5.75 Å². The molecule has 0 spiro atoms. The summed E-state index contributed by atoms with van der Waals surface area (Å²) in [5.41, 5.74) is -1.69. The molecule has 0 aliphatic carbocycles. The summed E-state index contributed by atoms with van der Waals surface area (Å²) in [4.78, 5) is 0.177. The van der Waals surface area contributed by atoms with Crippen LogP contribution in [0.4, 0.5) is 4.39 Å². The van der Waals surface area contributed by atoms with E-state index >= 15 is 0 Å². The normalized spacial score (nSPS) is 19.1. The first-order chi connectivity index (χ1) is 7.40. The Kier molecular flexibility index (Phi) is 3.06. The molecule has 1 aromatic carbocycles. The first kappa shape index (κ1) is 8.41. The standard InChI is InChI=1S/C10H13FO2S/c1-3-14(12)10-5-4-9(13-2)6-8(10)7-11/h4-6H,3,7H2,1-2H3/i3+1DH/t3-,14?/m1/s1. The number of halogens is 1. The van der Waals surface area contributed by atoms with Crippen molar-refractivity contribution in [2.75, 3.05) is 12.8 Å². The van der Waals surface area contributed by atoms with Crippen molar-refractivity contribution in [3.05, 3.63) is 23.8 Å². The number of rotatable bonds is 4. The molecule has 1 unspecified atom stereocenters. The zero-order valence-corrected chi connectivity index (χ0v) is 8.86. The molecule has 2 nitrogen and oxygen atoms in total. The molecule has 0 aromatic heterocycles. The van der Waals surface area contributed by atoms with E-state index in [1.54, 1.807) is 0 Å². The first-order valence-electron chi connectivity index (χ1n) is 5.05. The van der Waals surface area contributed by atoms with Gasteiger partial charge in [0.2, 0.25) is 0 Å². The van der Waals surface area contributed by atoms with Gasteiger partial charge in [0.05, 0.1) is 17.9 Å². The van der Waals surface area contributed by atoms with Gasteiger partial charge in [0.25, 0.3) is 0 Å². The van der Waals surface area contributed by atoms with Crippen LogP contribution in [0.1, 0.15) is 15.2 Å². The van der Waals surface area contributed by atoms with Gasteiger partial charge in [-0.2, -0.15) is 0 Å². The minimum atomic E-state index is -1.89. The molecule has 0 saturated carbocycles. The highest BCUT2D eigenvalue weighted by molar-refractivity contribution is 7.85. The van der Waals surface area contributed by atoms with E-state index in [1.165, 1.54) is 32.2 Å². The van der Waals surface area contributed by atoms with Gasteiger partial charge in [-0.1, -0.05) is 6.92 Å². The van der Waals surface area contributed by atoms with Crippen LogP contribution in [0.3, 0.4) is 0 Å². The molecule has 14 heavy (non-hydrogen) atoms. The van der Waals surface area contributed by atoms with Crippen molar-refractivity contribution in [3.8, 4) is 5.75 Å². The van der Waals surface area contributed by atoms with E-state index in [0.717, 1.165) is 0 Å². The molecule has 0 saturated heterocycles. The predicted molar refractivity (Wildman–Crippen MR) is 54.8 cm³/mol. The van der Waals surface area contributed by atoms with Gasteiger partial charge >= 0.3 is 0 Å². The van der Waals surface area contributed by atoms with Gasteiger partial charge in [0.15, 0.2) is 0 Å². The van der Waals surface area contributed by atoms with Crippen LogP contribution < -0.4 is 4.74 Å². The van der Waals surface area contributed by atoms with Crippen LogP contribution in [0.25, 0.3) is 0 Å². The summed E-state index contributed by atoms with van der Waals surface area (Å²) in [7, 11) is -0.433. The Bertz CT molecular complexity index is 404. The van der Waals surface area contributed by atoms with Gasteiger partial charge in [-0.15, -0.1) is 0 Å². The van der Waals surface area contributed by atoms with Gasteiger partial charge < -0.3 is 4.74 Å². The Morgan fingerprint density at radius 1 is 1.79 bits per heavy atom. The fraction of sp³-hybridized carbons (Fsp3) is 0.400. The lowest BCUT2D eigenvalue weighted by molar-refractivity contribution is 0.411. The monoisotopic (exact) mass is 218 g/mol. The van der Waals surface area contributed by atoms with Crippen molar-refractivity contribution in [1.82, 2.24) is 0 Å². The number of methoxy groups -OCH3 is 1. The molecule has 0 aliphatic heterocycles. The highest BCUT2D eigenvalue weighted by Gasteiger charge is 2.09. The lowest BCUT2D eigenvalue weighted by Crippen LogP contribution is -1.99. The second-order valence-corrected chi connectivity index (χ2v) is 3.97. The van der Waals surface area contributed by atoms with Gasteiger partial charge in [0, 0.05) is 18.9 Å². The molecule has 2 atom stereocenters. The smallest absolute Gasteiger partial charge is 0.119 e. The lowest BCUT2D eigenvalue weighted by atomic mass is 10.2. The zero-order valence-electron chi connectivity index (χ0n) is 10.0. The fourth-order valence-electron chi connectivity index (χ4n) is 1.08. The van der Waals surface area contributed by atoms with Crippen LogP contribution in [0.2, 0.25) is 0 Å². The topological polar surface area (TPSA) is 26.3 Å². The average molecular weight is 218 g/mol. The largest absolute Gasteiger partial charge is 0.497 e. The fourth-order valence-corrected chi connectivity index (χ4v) is 1.84. The van der Waals surface area contributed by atoms with Crippen LogP contribution >= 0.6 is 0 Å². The lowest BCUT2D eigenvalue weighted by Gasteiger charge is -2.07. The Morgan fingerprint density at radius 2 is 2.50 bits per heavy atom. The molecule has 0 heterocycles. The molecule has 1 rings (SSSR count). The maximum atomic E-state index is 12.7. The van der Waals surface area contributed by atoms with Crippen LogP contribution in [-0.4, -0.2) is 17.0 Å². The van der Waals surface area contributed by atoms with E-state index in [-0.39, 0.29) is 10.5 Å². The van der Waals surface area contributed by atoms with Crippen molar-refractivity contribution in [1.29, 1.82) is 0 Å². The second-order valence-electron chi connectivity index (χ2n) is 2.58. The maximum absolute atomic E-state index is 12.7. The molecule has 0 aliphatic rings. The van der Waals surface area contributed by atoms with Gasteiger partial charge in [-0.25, -0.2) is 4.39 Å². The number of alkyl halides is 1. The highest BCUT2D eigenvalue weighted by atomic mass is 32.2. The molecule has 0 amide bonds. The highest BCUT2D eigenvalue weighted by Crippen LogP contribution is 2.21. The summed E-state index contributed by atoms with van der Waals surface area (Å²) in [6.07, 6.45) is 0. The van der Waals surface area contributed by atoms with Gasteiger partial charge in [-0.05, 0) is 18.2 Å². The minimum Gasteiger partial charge on any atom is -0.497 e. The number of benzene rings is 1. The Balaban J connectivity index is 3.19. The van der Waals surface area contributed by atoms with Crippen molar-refractivity contribution in [2.24, 2.45) is 0 Å². The average Bonchev–Trinajstić information content (AvgIpc) is 2.26. The van der Waals surface area contributed by atoms with E-state index in [1.807, 2.05) is 0 Å². The zero-order chi connectivity index (χ0) is 12.3. The van der Waals surface area contributed by atoms with Crippen LogP contribution in [-0.2, 0) is 17.5 Å². The van der Waals surface area contributed by atoms with Crippen molar-refractivity contribution >= 4 is 10.8 Å². The first-order valence-corrected chi connectivity index (χ1v) is 5.20. The van der Waals surface area contributed by atoms with E-state index in [2.05, 4.69) is 0 Å². The molecule has 0 radical (unpaired) electrons. The number of ether oxygens (including phenoxy) is 1. The SMILES string of the molecule is [1H][13C@@]([2H])(C)S(=O)c1ccc(OC)cc1CF. The molecule has 0 bridgehead atoms. The Morgan fingerprint density at radius 3 is 3.00 bits per heavy atom. The molecule has 0 fully saturated rings. The minimum absolute atomic E-state index is 0.177. The summed E-state index contributed by atoms with van der Waals surface area (Å²) in [5, 5.41) is 0. The Labute approximate surface area is 88.4 Å². The van der Waals surface area contributed by atoms with Crippen molar-refractivity contribution < 1.29 is 16.1 Å². The molecule has 4 heteroatoms. The van der Waals surface area contributed by atoms with Crippen molar-refractivity contribution in [2.45, 2.75) is 18.5 Å². The van der Waals surface area contributed by atoms with E-state index < -0.39 is 23.2 Å². The molecule has 0 N–H and O–H groups in total. The van der Waals surface area contributed by atoms with Crippen molar-refractivity contribution in [3.63, 3.8) is 0 Å². The van der Waals surface area contributed by atoms with Crippen LogP contribution in [0.5, 0.6) is 5.75 Å². The van der Waals surface area contributed by atoms with Gasteiger partial charge in [-0.3, -0.25) is 4.21 Å². The summed E-state index contributed by atoms with van der Waals surface area (Å²) < 4.78 is 44.1. The molecular weight excluding hydrogens is 204 g/mol. The molecular formula is C10H13FO2S. The summed E-state index contributed by atoms with van der Waals surface area (Å²) in [6.45, 7) is 0.406. The molecule has 1 aromatic rings. The third-order valence-corrected chi connectivity index (χ3v) is 2.97. The van der Waals surface area contributed by atoms with Crippen LogP contribution in [0, 0.1) is 0 Å². The Hall–Kier alpha value is -0.900. The summed E-state index contributed by atoms with van der Waals surface area (Å²) in [5.74, 6) is 0.463.